The van der Waals surface area contributed by atoms with E-state index in [0.29, 0.717) is 11.6 Å². The van der Waals surface area contributed by atoms with Crippen LogP contribution in [0.1, 0.15) is 12.0 Å². The summed E-state index contributed by atoms with van der Waals surface area (Å²) in [4.78, 5) is 11.7. The van der Waals surface area contributed by atoms with E-state index in [2.05, 4.69) is 10.6 Å². The van der Waals surface area contributed by atoms with Gasteiger partial charge < -0.3 is 10.6 Å². The summed E-state index contributed by atoms with van der Waals surface area (Å²) in [5, 5.41) is 6.09. The van der Waals surface area contributed by atoms with Crippen LogP contribution in [0.4, 0.5) is 20.2 Å². The van der Waals surface area contributed by atoms with Crippen LogP contribution >= 0.6 is 11.6 Å². The van der Waals surface area contributed by atoms with Crippen molar-refractivity contribution in [3.63, 3.8) is 0 Å². The quantitative estimate of drug-likeness (QED) is 0.857. The molecule has 3 nitrogen and oxygen atoms in total. The molecule has 2 N–H and O–H groups in total. The number of nitrogens with one attached hydrogen (secondary N) is 2. The van der Waals surface area contributed by atoms with Gasteiger partial charge in [-0.05, 0) is 36.8 Å². The fraction of sp³-hybridized carbons (Fsp3) is 0.188. The highest BCUT2D eigenvalue weighted by atomic mass is 35.5. The smallest absolute Gasteiger partial charge is 0.226 e. The molecule has 0 spiro atoms. The Hall–Kier alpha value is -2.14. The Bertz CT molecular complexity index is 692. The fourth-order valence-corrected chi connectivity index (χ4v) is 2.01. The number of hydrogen-bond acceptors (Lipinski definition) is 2. The maximum Gasteiger partial charge on any atom is 0.226 e. The number of benzene rings is 2. The SMILES string of the molecule is Cc1ccc(NCCC(=O)Nc2ccc(F)cc2F)cc1Cl. The van der Waals surface area contributed by atoms with Crippen molar-refractivity contribution in [1.29, 1.82) is 0 Å². The zero-order chi connectivity index (χ0) is 16.1. The molecule has 0 bridgehead atoms. The third kappa shape index (κ3) is 4.43. The third-order valence-corrected chi connectivity index (χ3v) is 3.47. The van der Waals surface area contributed by atoms with Crippen molar-refractivity contribution in [2.45, 2.75) is 13.3 Å². The number of carbonyl (C=O) groups excluding carboxylic acids is 1. The lowest BCUT2D eigenvalue weighted by Gasteiger charge is -2.09. The molecular formula is C16H15ClF2N2O. The number of aryl methyl sites for hydroxylation is 1. The molecule has 0 heterocycles. The molecule has 0 unspecified atom stereocenters. The Morgan fingerprint density at radius 1 is 1.18 bits per heavy atom. The molecule has 1 amide bonds. The summed E-state index contributed by atoms with van der Waals surface area (Å²) in [5.74, 6) is -1.85. The van der Waals surface area contributed by atoms with Crippen molar-refractivity contribution < 1.29 is 13.6 Å². The highest BCUT2D eigenvalue weighted by molar-refractivity contribution is 6.31. The summed E-state index contributed by atoms with van der Waals surface area (Å²) >= 11 is 6.00. The van der Waals surface area contributed by atoms with Crippen molar-refractivity contribution in [3.05, 3.63) is 58.6 Å². The lowest BCUT2D eigenvalue weighted by atomic mass is 10.2. The van der Waals surface area contributed by atoms with E-state index in [4.69, 9.17) is 11.6 Å². The zero-order valence-corrected chi connectivity index (χ0v) is 12.7. The molecule has 0 aliphatic carbocycles. The monoisotopic (exact) mass is 324 g/mol. The van der Waals surface area contributed by atoms with Gasteiger partial charge in [0.15, 0.2) is 0 Å². The molecule has 0 aliphatic rings. The van der Waals surface area contributed by atoms with Crippen LogP contribution in [-0.2, 0) is 4.79 Å². The molecule has 0 aromatic heterocycles. The minimum absolute atomic E-state index is 0.0372. The first-order valence-electron chi connectivity index (χ1n) is 6.70. The van der Waals surface area contributed by atoms with Gasteiger partial charge in [0.1, 0.15) is 11.6 Å². The summed E-state index contributed by atoms with van der Waals surface area (Å²) in [7, 11) is 0. The summed E-state index contributed by atoms with van der Waals surface area (Å²) < 4.78 is 26.2. The third-order valence-electron chi connectivity index (χ3n) is 3.06. The van der Waals surface area contributed by atoms with Gasteiger partial charge in [-0.2, -0.15) is 0 Å². The number of halogens is 3. The van der Waals surface area contributed by atoms with E-state index in [-0.39, 0.29) is 18.0 Å². The first-order valence-corrected chi connectivity index (χ1v) is 7.08. The molecule has 2 aromatic carbocycles. The van der Waals surface area contributed by atoms with Crippen molar-refractivity contribution in [2.75, 3.05) is 17.2 Å². The highest BCUT2D eigenvalue weighted by Gasteiger charge is 2.08. The van der Waals surface area contributed by atoms with Gasteiger partial charge in [0.2, 0.25) is 5.91 Å². The molecule has 6 heteroatoms. The zero-order valence-electron chi connectivity index (χ0n) is 11.9. The first-order chi connectivity index (χ1) is 10.5. The van der Waals surface area contributed by atoms with Crippen LogP contribution in [0.2, 0.25) is 5.02 Å². The summed E-state index contributed by atoms with van der Waals surface area (Å²) in [5.41, 5.74) is 1.73. The van der Waals surface area contributed by atoms with Crippen molar-refractivity contribution in [1.82, 2.24) is 0 Å². The van der Waals surface area contributed by atoms with Crippen LogP contribution in [0.5, 0.6) is 0 Å². The largest absolute Gasteiger partial charge is 0.384 e. The van der Waals surface area contributed by atoms with Crippen LogP contribution in [0.3, 0.4) is 0 Å². The summed E-state index contributed by atoms with van der Waals surface area (Å²) in [6.07, 6.45) is 0.141. The van der Waals surface area contributed by atoms with Gasteiger partial charge in [-0.1, -0.05) is 17.7 Å². The van der Waals surface area contributed by atoms with E-state index in [1.807, 2.05) is 19.1 Å². The molecule has 2 aromatic rings. The maximum atomic E-state index is 13.4. The van der Waals surface area contributed by atoms with E-state index in [0.717, 1.165) is 23.4 Å². The van der Waals surface area contributed by atoms with E-state index in [9.17, 15) is 13.6 Å². The number of carbonyl (C=O) groups is 1. The van der Waals surface area contributed by atoms with E-state index < -0.39 is 11.6 Å². The molecule has 2 rings (SSSR count). The van der Waals surface area contributed by atoms with Gasteiger partial charge in [-0.3, -0.25) is 4.79 Å². The van der Waals surface area contributed by atoms with Gasteiger partial charge >= 0.3 is 0 Å². The fourth-order valence-electron chi connectivity index (χ4n) is 1.83. The second-order valence-electron chi connectivity index (χ2n) is 4.81. The van der Waals surface area contributed by atoms with Crippen LogP contribution in [0.15, 0.2) is 36.4 Å². The van der Waals surface area contributed by atoms with Gasteiger partial charge in [-0.15, -0.1) is 0 Å². The van der Waals surface area contributed by atoms with Gasteiger partial charge in [0.05, 0.1) is 5.69 Å². The van der Waals surface area contributed by atoms with Gasteiger partial charge in [-0.25, -0.2) is 8.78 Å². The second-order valence-corrected chi connectivity index (χ2v) is 5.22. The lowest BCUT2D eigenvalue weighted by molar-refractivity contribution is -0.116. The molecular weight excluding hydrogens is 310 g/mol. The minimum atomic E-state index is -0.799. The maximum absolute atomic E-state index is 13.4. The topological polar surface area (TPSA) is 41.1 Å². The van der Waals surface area contributed by atoms with Crippen LogP contribution < -0.4 is 10.6 Å². The lowest BCUT2D eigenvalue weighted by Crippen LogP contribution is -2.17. The number of rotatable bonds is 5. The number of anilines is 2. The second kappa shape index (κ2) is 7.22. The van der Waals surface area contributed by atoms with Crippen LogP contribution in [0.25, 0.3) is 0 Å². The molecule has 0 aliphatic heterocycles. The van der Waals surface area contributed by atoms with E-state index >= 15 is 0 Å². The van der Waals surface area contributed by atoms with E-state index in [1.165, 1.54) is 6.07 Å². The van der Waals surface area contributed by atoms with Crippen molar-refractivity contribution in [3.8, 4) is 0 Å². The average Bonchev–Trinajstić information content (AvgIpc) is 2.46. The predicted octanol–water partition coefficient (Wildman–Crippen LogP) is 4.37. The number of hydrogen-bond donors (Lipinski definition) is 2. The first kappa shape index (κ1) is 16.2. The van der Waals surface area contributed by atoms with Crippen LogP contribution in [0, 0.1) is 18.6 Å². The van der Waals surface area contributed by atoms with Crippen LogP contribution in [-0.4, -0.2) is 12.5 Å². The van der Waals surface area contributed by atoms with E-state index in [1.54, 1.807) is 6.07 Å². The Morgan fingerprint density at radius 3 is 2.64 bits per heavy atom. The van der Waals surface area contributed by atoms with Gasteiger partial charge in [0, 0.05) is 29.7 Å². The molecule has 22 heavy (non-hydrogen) atoms. The Morgan fingerprint density at radius 2 is 1.95 bits per heavy atom. The Balaban J connectivity index is 1.83. The number of amides is 1. The Labute approximate surface area is 132 Å². The summed E-state index contributed by atoms with van der Waals surface area (Å²) in [6.45, 7) is 2.27. The predicted molar refractivity (Wildman–Crippen MR) is 84.3 cm³/mol. The normalized spacial score (nSPS) is 10.4. The summed E-state index contributed by atoms with van der Waals surface area (Å²) in [6, 6.07) is 8.51. The molecule has 116 valence electrons. The average molecular weight is 325 g/mol. The van der Waals surface area contributed by atoms with Gasteiger partial charge in [0.25, 0.3) is 0 Å². The highest BCUT2D eigenvalue weighted by Crippen LogP contribution is 2.20. The standard InChI is InChI=1S/C16H15ClF2N2O/c1-10-2-4-12(9-13(10)17)20-7-6-16(22)21-15-5-3-11(18)8-14(15)19/h2-5,8-9,20H,6-7H2,1H3,(H,21,22). The minimum Gasteiger partial charge on any atom is -0.384 e. The molecule has 0 saturated carbocycles. The van der Waals surface area contributed by atoms with Crippen molar-refractivity contribution >= 4 is 28.9 Å². The van der Waals surface area contributed by atoms with Crippen molar-refractivity contribution in [2.24, 2.45) is 0 Å². The Kier molecular flexibility index (Phi) is 5.33. The molecule has 0 atom stereocenters. The molecule has 0 radical (unpaired) electrons. The molecule has 0 fully saturated rings. The molecule has 0 saturated heterocycles.